The summed E-state index contributed by atoms with van der Waals surface area (Å²) in [6.45, 7) is 1.77. The van der Waals surface area contributed by atoms with Crippen LogP contribution in [0, 0.1) is 6.92 Å². The van der Waals surface area contributed by atoms with Gasteiger partial charge in [-0.05, 0) is 18.6 Å². The minimum atomic E-state index is -4.60. The SMILES string of the molecule is Cc1ccccc1N=C1N=NC(=O)C1S(=O)(=O)O. The van der Waals surface area contributed by atoms with E-state index < -0.39 is 21.3 Å². The third-order valence-electron chi connectivity index (χ3n) is 2.36. The molecule has 1 heterocycles. The summed E-state index contributed by atoms with van der Waals surface area (Å²) in [5, 5.41) is 4.67. The van der Waals surface area contributed by atoms with E-state index in [1.807, 2.05) is 0 Å². The summed E-state index contributed by atoms with van der Waals surface area (Å²) in [6, 6.07) is 6.92. The standard InChI is InChI=1S/C10H9N3O4S/c1-6-4-2-3-5-7(6)11-9-8(18(15,16)17)10(14)13-12-9/h2-5,8H,1H3,(H,15,16,17). The molecule has 8 heteroatoms. The van der Waals surface area contributed by atoms with E-state index in [0.29, 0.717) is 5.69 Å². The van der Waals surface area contributed by atoms with Crippen molar-refractivity contribution in [3.8, 4) is 0 Å². The van der Waals surface area contributed by atoms with Gasteiger partial charge in [-0.15, -0.1) is 10.2 Å². The maximum atomic E-state index is 11.2. The predicted molar refractivity (Wildman–Crippen MR) is 63.5 cm³/mol. The Kier molecular flexibility index (Phi) is 3.05. The maximum Gasteiger partial charge on any atom is 0.293 e. The number of benzene rings is 1. The highest BCUT2D eigenvalue weighted by Crippen LogP contribution is 2.22. The molecule has 0 saturated heterocycles. The zero-order valence-electron chi connectivity index (χ0n) is 9.31. The lowest BCUT2D eigenvalue weighted by atomic mass is 10.2. The van der Waals surface area contributed by atoms with Gasteiger partial charge in [-0.25, -0.2) is 4.99 Å². The van der Waals surface area contributed by atoms with Gasteiger partial charge in [-0.3, -0.25) is 9.35 Å². The van der Waals surface area contributed by atoms with Crippen LogP contribution in [0.5, 0.6) is 0 Å². The molecule has 1 amide bonds. The summed E-state index contributed by atoms with van der Waals surface area (Å²) >= 11 is 0. The number of carbonyl (C=O) groups is 1. The smallest absolute Gasteiger partial charge is 0.285 e. The van der Waals surface area contributed by atoms with Crippen LogP contribution in [0.25, 0.3) is 0 Å². The molecule has 0 aromatic heterocycles. The van der Waals surface area contributed by atoms with Gasteiger partial charge in [0.25, 0.3) is 16.0 Å². The Morgan fingerprint density at radius 2 is 1.94 bits per heavy atom. The number of amidine groups is 1. The van der Waals surface area contributed by atoms with E-state index in [9.17, 15) is 13.2 Å². The van der Waals surface area contributed by atoms with Gasteiger partial charge in [0, 0.05) is 0 Å². The zero-order valence-corrected chi connectivity index (χ0v) is 10.1. The van der Waals surface area contributed by atoms with E-state index in [4.69, 9.17) is 4.55 Å². The Labute approximate surface area is 103 Å². The first-order valence-corrected chi connectivity index (χ1v) is 6.46. The zero-order chi connectivity index (χ0) is 13.3. The third-order valence-corrected chi connectivity index (χ3v) is 3.37. The van der Waals surface area contributed by atoms with Crippen LogP contribution in [0.4, 0.5) is 5.69 Å². The van der Waals surface area contributed by atoms with E-state index in [1.54, 1.807) is 31.2 Å². The van der Waals surface area contributed by atoms with Crippen molar-refractivity contribution in [2.45, 2.75) is 12.2 Å². The molecule has 0 spiro atoms. The lowest BCUT2D eigenvalue weighted by Crippen LogP contribution is -2.31. The van der Waals surface area contributed by atoms with Crippen molar-refractivity contribution in [1.82, 2.24) is 0 Å². The molecular formula is C10H9N3O4S. The van der Waals surface area contributed by atoms with Gasteiger partial charge in [0.15, 0.2) is 5.84 Å². The van der Waals surface area contributed by atoms with Gasteiger partial charge in [0.2, 0.25) is 5.25 Å². The van der Waals surface area contributed by atoms with E-state index >= 15 is 0 Å². The number of aryl methyl sites for hydroxylation is 1. The van der Waals surface area contributed by atoms with Gasteiger partial charge in [-0.2, -0.15) is 8.42 Å². The monoisotopic (exact) mass is 267 g/mol. The topological polar surface area (TPSA) is 109 Å². The summed E-state index contributed by atoms with van der Waals surface area (Å²) in [5.74, 6) is -1.36. The molecule has 2 rings (SSSR count). The van der Waals surface area contributed by atoms with Crippen LogP contribution in [0.15, 0.2) is 39.5 Å². The highest BCUT2D eigenvalue weighted by atomic mass is 32.2. The van der Waals surface area contributed by atoms with Crippen molar-refractivity contribution in [3.63, 3.8) is 0 Å². The van der Waals surface area contributed by atoms with E-state index in [0.717, 1.165) is 5.56 Å². The number of aliphatic imine (C=N–C) groups is 1. The molecule has 1 N–H and O–H groups in total. The number of azo groups is 1. The second kappa shape index (κ2) is 4.39. The second-order valence-corrected chi connectivity index (χ2v) is 5.19. The van der Waals surface area contributed by atoms with Crippen LogP contribution in [0.2, 0.25) is 0 Å². The normalized spacial score (nSPS) is 21.8. The summed E-state index contributed by atoms with van der Waals surface area (Å²) < 4.78 is 31.1. The van der Waals surface area contributed by atoms with Crippen molar-refractivity contribution in [2.24, 2.45) is 15.2 Å². The summed E-state index contributed by atoms with van der Waals surface area (Å²) in [4.78, 5) is 15.2. The number of nitrogens with zero attached hydrogens (tertiary/aromatic N) is 3. The number of amides is 1. The molecule has 1 aromatic carbocycles. The largest absolute Gasteiger partial charge is 0.293 e. The molecule has 0 saturated carbocycles. The fourth-order valence-corrected chi connectivity index (χ4v) is 2.14. The van der Waals surface area contributed by atoms with E-state index in [-0.39, 0.29) is 5.84 Å². The van der Waals surface area contributed by atoms with E-state index in [1.165, 1.54) is 0 Å². The van der Waals surface area contributed by atoms with Gasteiger partial charge in [-0.1, -0.05) is 18.2 Å². The van der Waals surface area contributed by atoms with Crippen molar-refractivity contribution < 1.29 is 17.8 Å². The van der Waals surface area contributed by atoms with Crippen LogP contribution < -0.4 is 0 Å². The molecule has 94 valence electrons. The molecule has 1 aromatic rings. The van der Waals surface area contributed by atoms with Crippen molar-refractivity contribution in [1.29, 1.82) is 0 Å². The highest BCUT2D eigenvalue weighted by Gasteiger charge is 2.41. The van der Waals surface area contributed by atoms with Crippen molar-refractivity contribution >= 4 is 27.5 Å². The number of carbonyl (C=O) groups excluding carboxylic acids is 1. The average molecular weight is 267 g/mol. The number of para-hydroxylation sites is 1. The Morgan fingerprint density at radius 1 is 1.28 bits per heavy atom. The summed E-state index contributed by atoms with van der Waals surface area (Å²) in [6.07, 6.45) is 0. The lowest BCUT2D eigenvalue weighted by Gasteiger charge is -2.04. The molecule has 1 atom stereocenters. The van der Waals surface area contributed by atoms with Crippen molar-refractivity contribution in [3.05, 3.63) is 29.8 Å². The Balaban J connectivity index is 2.48. The van der Waals surface area contributed by atoms with Gasteiger partial charge in [0.1, 0.15) is 0 Å². The van der Waals surface area contributed by atoms with Crippen molar-refractivity contribution in [2.75, 3.05) is 0 Å². The van der Waals surface area contributed by atoms with Gasteiger partial charge < -0.3 is 0 Å². The number of hydrogen-bond acceptors (Lipinski definition) is 4. The maximum absolute atomic E-state index is 11.2. The average Bonchev–Trinajstić information content (AvgIpc) is 2.62. The Morgan fingerprint density at radius 3 is 2.56 bits per heavy atom. The molecule has 18 heavy (non-hydrogen) atoms. The molecule has 0 radical (unpaired) electrons. The third kappa shape index (κ3) is 2.34. The fraction of sp³-hybridized carbons (Fsp3) is 0.200. The molecule has 0 bridgehead atoms. The lowest BCUT2D eigenvalue weighted by molar-refractivity contribution is -0.116. The van der Waals surface area contributed by atoms with Crippen LogP contribution in [0.1, 0.15) is 5.56 Å². The first kappa shape index (κ1) is 12.5. The number of hydrogen-bond donors (Lipinski definition) is 1. The molecule has 0 aliphatic carbocycles. The molecule has 1 unspecified atom stereocenters. The summed E-state index contributed by atoms with van der Waals surface area (Å²) in [5.41, 5.74) is 1.25. The molecular weight excluding hydrogens is 258 g/mol. The van der Waals surface area contributed by atoms with Crippen LogP contribution in [0.3, 0.4) is 0 Å². The molecule has 1 aliphatic heterocycles. The fourth-order valence-electron chi connectivity index (χ4n) is 1.47. The van der Waals surface area contributed by atoms with Gasteiger partial charge in [0.05, 0.1) is 5.69 Å². The first-order valence-electron chi connectivity index (χ1n) is 4.95. The molecule has 7 nitrogen and oxygen atoms in total. The molecule has 0 fully saturated rings. The molecule has 1 aliphatic rings. The summed E-state index contributed by atoms with van der Waals surface area (Å²) in [7, 11) is -4.60. The Bertz CT molecular complexity index is 663. The second-order valence-electron chi connectivity index (χ2n) is 3.69. The van der Waals surface area contributed by atoms with Crippen LogP contribution >= 0.6 is 0 Å². The quantitative estimate of drug-likeness (QED) is 0.814. The Hall–Kier alpha value is -1.93. The predicted octanol–water partition coefficient (Wildman–Crippen LogP) is 1.27. The number of rotatable bonds is 2. The van der Waals surface area contributed by atoms with Crippen LogP contribution in [-0.2, 0) is 14.9 Å². The van der Waals surface area contributed by atoms with Gasteiger partial charge >= 0.3 is 0 Å². The first-order chi connectivity index (χ1) is 8.39. The van der Waals surface area contributed by atoms with Crippen LogP contribution in [-0.4, -0.2) is 30.0 Å². The minimum Gasteiger partial charge on any atom is -0.285 e. The van der Waals surface area contributed by atoms with E-state index in [2.05, 4.69) is 15.2 Å². The minimum absolute atomic E-state index is 0.322. The highest BCUT2D eigenvalue weighted by molar-refractivity contribution is 7.88.